The van der Waals surface area contributed by atoms with E-state index in [1.54, 1.807) is 13.3 Å². The molecule has 7 heteroatoms. The third kappa shape index (κ3) is 3.73. The highest BCUT2D eigenvalue weighted by Crippen LogP contribution is 2.24. The standard InChI is InChI=1S/C25H25N5O2/c1-32-22-11-9-20(10-12-22)27-15-17-29(18-16-27)25(31)23-19-26-30(21-7-3-2-4-8-21)24(23)28-13-5-6-14-28/h2-14,19H,15-18H2,1H3. The minimum Gasteiger partial charge on any atom is -0.497 e. The summed E-state index contributed by atoms with van der Waals surface area (Å²) < 4.78 is 9.01. The molecule has 162 valence electrons. The van der Waals surface area contributed by atoms with E-state index in [1.807, 2.05) is 81.1 Å². The normalized spacial score (nSPS) is 13.9. The number of nitrogens with zero attached hydrogens (tertiary/aromatic N) is 5. The number of rotatable bonds is 5. The highest BCUT2D eigenvalue weighted by molar-refractivity contribution is 5.97. The van der Waals surface area contributed by atoms with Gasteiger partial charge in [0.05, 0.1) is 19.0 Å². The number of amides is 1. The van der Waals surface area contributed by atoms with Gasteiger partial charge in [-0.3, -0.25) is 4.79 Å². The van der Waals surface area contributed by atoms with Gasteiger partial charge >= 0.3 is 0 Å². The molecule has 0 unspecified atom stereocenters. The topological polar surface area (TPSA) is 55.5 Å². The van der Waals surface area contributed by atoms with E-state index in [4.69, 9.17) is 4.74 Å². The van der Waals surface area contributed by atoms with Gasteiger partial charge in [0.2, 0.25) is 0 Å². The van der Waals surface area contributed by atoms with Gasteiger partial charge in [0.25, 0.3) is 5.91 Å². The molecule has 5 rings (SSSR count). The van der Waals surface area contributed by atoms with Crippen molar-refractivity contribution in [2.75, 3.05) is 38.2 Å². The number of para-hydroxylation sites is 1. The van der Waals surface area contributed by atoms with E-state index in [9.17, 15) is 4.79 Å². The molecule has 32 heavy (non-hydrogen) atoms. The predicted octanol–water partition coefficient (Wildman–Crippen LogP) is 3.63. The van der Waals surface area contributed by atoms with Gasteiger partial charge in [0, 0.05) is 44.3 Å². The molecule has 1 aliphatic heterocycles. The Labute approximate surface area is 187 Å². The number of anilines is 1. The molecule has 0 saturated carbocycles. The summed E-state index contributed by atoms with van der Waals surface area (Å²) >= 11 is 0. The lowest BCUT2D eigenvalue weighted by molar-refractivity contribution is 0.0747. The molecule has 1 aliphatic rings. The van der Waals surface area contributed by atoms with E-state index in [-0.39, 0.29) is 5.91 Å². The van der Waals surface area contributed by atoms with Crippen molar-refractivity contribution in [3.63, 3.8) is 0 Å². The first kappa shape index (κ1) is 19.9. The average molecular weight is 428 g/mol. The van der Waals surface area contributed by atoms with Gasteiger partial charge in [0.1, 0.15) is 11.3 Å². The van der Waals surface area contributed by atoms with Crippen LogP contribution in [0.3, 0.4) is 0 Å². The van der Waals surface area contributed by atoms with Gasteiger partial charge < -0.3 is 19.1 Å². The molecular weight excluding hydrogens is 402 g/mol. The summed E-state index contributed by atoms with van der Waals surface area (Å²) in [6, 6.07) is 21.8. The largest absolute Gasteiger partial charge is 0.497 e. The molecule has 4 aromatic rings. The number of aromatic nitrogens is 3. The zero-order valence-corrected chi connectivity index (χ0v) is 18.0. The fraction of sp³-hybridized carbons (Fsp3) is 0.200. The molecule has 0 aliphatic carbocycles. The van der Waals surface area contributed by atoms with Crippen LogP contribution in [-0.2, 0) is 0 Å². The number of carbonyl (C=O) groups is 1. The number of piperazine rings is 1. The first-order valence-electron chi connectivity index (χ1n) is 10.7. The van der Waals surface area contributed by atoms with Crippen molar-refractivity contribution in [2.45, 2.75) is 0 Å². The van der Waals surface area contributed by atoms with E-state index >= 15 is 0 Å². The van der Waals surface area contributed by atoms with Crippen molar-refractivity contribution in [3.05, 3.63) is 90.9 Å². The summed E-state index contributed by atoms with van der Waals surface area (Å²) in [5.74, 6) is 1.60. The van der Waals surface area contributed by atoms with E-state index < -0.39 is 0 Å². The Morgan fingerprint density at radius 1 is 0.844 bits per heavy atom. The number of benzene rings is 2. The van der Waals surface area contributed by atoms with Gasteiger partial charge in [-0.2, -0.15) is 5.10 Å². The van der Waals surface area contributed by atoms with Crippen LogP contribution in [0.5, 0.6) is 5.75 Å². The van der Waals surface area contributed by atoms with E-state index in [0.29, 0.717) is 18.7 Å². The molecule has 1 fully saturated rings. The molecule has 1 amide bonds. The Hall–Kier alpha value is -4.00. The lowest BCUT2D eigenvalue weighted by Gasteiger charge is -2.36. The van der Waals surface area contributed by atoms with Crippen molar-refractivity contribution < 1.29 is 9.53 Å². The number of ether oxygens (including phenoxy) is 1. The highest BCUT2D eigenvalue weighted by atomic mass is 16.5. The maximum Gasteiger partial charge on any atom is 0.259 e. The zero-order chi connectivity index (χ0) is 21.9. The quantitative estimate of drug-likeness (QED) is 0.488. The average Bonchev–Trinajstić information content (AvgIpc) is 3.54. The molecule has 2 aromatic carbocycles. The van der Waals surface area contributed by atoms with Crippen molar-refractivity contribution >= 4 is 11.6 Å². The van der Waals surface area contributed by atoms with Crippen molar-refractivity contribution in [3.8, 4) is 17.3 Å². The van der Waals surface area contributed by atoms with Crippen LogP contribution in [0.1, 0.15) is 10.4 Å². The predicted molar refractivity (Wildman–Crippen MR) is 124 cm³/mol. The lowest BCUT2D eigenvalue weighted by Crippen LogP contribution is -2.48. The molecule has 0 radical (unpaired) electrons. The van der Waals surface area contributed by atoms with Crippen LogP contribution in [0.15, 0.2) is 85.3 Å². The van der Waals surface area contributed by atoms with Crippen LogP contribution in [0.2, 0.25) is 0 Å². The summed E-state index contributed by atoms with van der Waals surface area (Å²) in [7, 11) is 1.67. The van der Waals surface area contributed by atoms with Crippen LogP contribution >= 0.6 is 0 Å². The minimum atomic E-state index is 0.00487. The SMILES string of the molecule is COc1ccc(N2CCN(C(=O)c3cnn(-c4ccccc4)c3-n3cccc3)CC2)cc1. The van der Waals surface area contributed by atoms with Crippen LogP contribution in [0.25, 0.3) is 11.5 Å². The first-order valence-corrected chi connectivity index (χ1v) is 10.7. The summed E-state index contributed by atoms with van der Waals surface area (Å²) in [5.41, 5.74) is 2.66. The Balaban J connectivity index is 1.37. The number of hydrogen-bond acceptors (Lipinski definition) is 4. The monoisotopic (exact) mass is 427 g/mol. The lowest BCUT2D eigenvalue weighted by atomic mass is 10.2. The zero-order valence-electron chi connectivity index (χ0n) is 18.0. The summed E-state index contributed by atoms with van der Waals surface area (Å²) in [4.78, 5) is 17.7. The van der Waals surface area contributed by atoms with Crippen LogP contribution in [-0.4, -0.2) is 58.4 Å². The third-order valence-corrected chi connectivity index (χ3v) is 5.83. The smallest absolute Gasteiger partial charge is 0.259 e. The molecular formula is C25H25N5O2. The Bertz CT molecular complexity index is 1180. The van der Waals surface area contributed by atoms with Gasteiger partial charge in [-0.15, -0.1) is 0 Å². The van der Waals surface area contributed by atoms with Gasteiger partial charge in [-0.1, -0.05) is 18.2 Å². The van der Waals surface area contributed by atoms with E-state index in [1.165, 1.54) is 0 Å². The molecule has 0 bridgehead atoms. The third-order valence-electron chi connectivity index (χ3n) is 5.83. The Morgan fingerprint density at radius 2 is 1.53 bits per heavy atom. The molecule has 7 nitrogen and oxygen atoms in total. The second-order valence-electron chi connectivity index (χ2n) is 7.70. The fourth-order valence-electron chi connectivity index (χ4n) is 4.11. The molecule has 2 aromatic heterocycles. The van der Waals surface area contributed by atoms with Gasteiger partial charge in [-0.05, 0) is 48.5 Å². The van der Waals surface area contributed by atoms with Crippen molar-refractivity contribution in [1.29, 1.82) is 0 Å². The van der Waals surface area contributed by atoms with Crippen molar-refractivity contribution in [2.24, 2.45) is 0 Å². The summed E-state index contributed by atoms with van der Waals surface area (Å²) in [5, 5.41) is 4.56. The number of hydrogen-bond donors (Lipinski definition) is 0. The second-order valence-corrected chi connectivity index (χ2v) is 7.70. The molecule has 0 spiro atoms. The Morgan fingerprint density at radius 3 is 2.19 bits per heavy atom. The second kappa shape index (κ2) is 8.63. The molecule has 0 atom stereocenters. The number of carbonyl (C=O) groups excluding carboxylic acids is 1. The van der Waals surface area contributed by atoms with Crippen LogP contribution in [0.4, 0.5) is 5.69 Å². The maximum atomic E-state index is 13.5. The molecule has 3 heterocycles. The van der Waals surface area contributed by atoms with Gasteiger partial charge in [-0.25, -0.2) is 4.68 Å². The summed E-state index contributed by atoms with van der Waals surface area (Å²) in [6.45, 7) is 2.88. The van der Waals surface area contributed by atoms with Gasteiger partial charge in [0.15, 0.2) is 5.82 Å². The highest BCUT2D eigenvalue weighted by Gasteiger charge is 2.27. The molecule has 1 saturated heterocycles. The van der Waals surface area contributed by atoms with Crippen molar-refractivity contribution in [1.82, 2.24) is 19.2 Å². The van der Waals surface area contributed by atoms with Crippen LogP contribution < -0.4 is 9.64 Å². The Kier molecular flexibility index (Phi) is 5.37. The minimum absolute atomic E-state index is 0.00487. The number of methoxy groups -OCH3 is 1. The van der Waals surface area contributed by atoms with E-state index in [0.717, 1.165) is 36.0 Å². The molecule has 0 N–H and O–H groups in total. The summed E-state index contributed by atoms with van der Waals surface area (Å²) in [6.07, 6.45) is 5.56. The van der Waals surface area contributed by atoms with Crippen LogP contribution in [0, 0.1) is 0 Å². The van der Waals surface area contributed by atoms with E-state index in [2.05, 4.69) is 22.1 Å². The maximum absolute atomic E-state index is 13.5. The fourth-order valence-corrected chi connectivity index (χ4v) is 4.11. The first-order chi connectivity index (χ1) is 15.7.